The maximum atomic E-state index is 14.2. The molecule has 2 aliphatic heterocycles. The van der Waals surface area contributed by atoms with Gasteiger partial charge in [-0.05, 0) is 49.7 Å². The second kappa shape index (κ2) is 12.5. The number of rotatable bonds is 8. The molecule has 1 aromatic carbocycles. The molecule has 2 aliphatic rings. The van der Waals surface area contributed by atoms with Crippen molar-refractivity contribution in [2.24, 2.45) is 0 Å². The van der Waals surface area contributed by atoms with Crippen molar-refractivity contribution < 1.29 is 27.5 Å². The quantitative estimate of drug-likeness (QED) is 0.282. The number of β-amino-alcohol motifs (C(OH)–C–C–N with tert-alkyl or cyclic N) is 1. The number of likely N-dealkylation sites (tertiary alicyclic amines) is 1. The minimum absolute atomic E-state index is 0.0279. The number of nitrogens with zero attached hydrogens (tertiary/aromatic N) is 9. The molecule has 16 heteroatoms. The van der Waals surface area contributed by atoms with Crippen molar-refractivity contribution in [1.82, 2.24) is 29.5 Å². The van der Waals surface area contributed by atoms with Crippen LogP contribution in [0.4, 0.5) is 34.3 Å². The molecule has 11 nitrogen and oxygen atoms in total. The van der Waals surface area contributed by atoms with Crippen molar-refractivity contribution in [2.75, 3.05) is 62.2 Å². The Hall–Kier alpha value is -4.33. The number of pyridine rings is 1. The van der Waals surface area contributed by atoms with E-state index >= 15 is 0 Å². The number of aryl methyl sites for hydroxylation is 2. The van der Waals surface area contributed by atoms with Crippen molar-refractivity contribution in [3.8, 4) is 17.3 Å². The first-order valence-electron chi connectivity index (χ1n) is 14.8. The van der Waals surface area contributed by atoms with Crippen LogP contribution >= 0.6 is 11.3 Å². The Kier molecular flexibility index (Phi) is 8.57. The fourth-order valence-electron chi connectivity index (χ4n) is 5.67. The van der Waals surface area contributed by atoms with Crippen LogP contribution in [0, 0.1) is 24.1 Å². The van der Waals surface area contributed by atoms with Gasteiger partial charge in [-0.3, -0.25) is 14.6 Å². The Morgan fingerprint density at radius 1 is 1.13 bits per heavy atom. The molecule has 46 heavy (non-hydrogen) atoms. The van der Waals surface area contributed by atoms with Crippen LogP contribution in [0.2, 0.25) is 0 Å². The van der Waals surface area contributed by atoms with Crippen LogP contribution in [0.25, 0.3) is 22.3 Å². The summed E-state index contributed by atoms with van der Waals surface area (Å²) in [6, 6.07) is 9.14. The molecule has 1 N–H and O–H groups in total. The smallest absolute Gasteiger partial charge is 0.389 e. The number of anilines is 3. The van der Waals surface area contributed by atoms with Crippen molar-refractivity contribution in [1.29, 1.82) is 5.26 Å². The minimum atomic E-state index is -4.64. The first kappa shape index (κ1) is 31.6. The van der Waals surface area contributed by atoms with Gasteiger partial charge in [-0.2, -0.15) is 23.5 Å². The molecule has 4 aromatic rings. The lowest BCUT2D eigenvalue weighted by molar-refractivity contribution is -0.142. The molecular formula is C30H31F4N9O2S. The number of alkyl halides is 3. The molecular weight excluding hydrogens is 626 g/mol. The lowest BCUT2D eigenvalue weighted by atomic mass is 10.1. The summed E-state index contributed by atoms with van der Waals surface area (Å²) in [7, 11) is 0. The summed E-state index contributed by atoms with van der Waals surface area (Å²) < 4.78 is 57.6. The summed E-state index contributed by atoms with van der Waals surface area (Å²) in [5, 5.41) is 23.9. The first-order valence-corrected chi connectivity index (χ1v) is 15.6. The van der Waals surface area contributed by atoms with Gasteiger partial charge in [0.05, 0.1) is 12.6 Å². The number of fused-ring (bicyclic) bond motifs is 1. The van der Waals surface area contributed by atoms with Gasteiger partial charge in [0.1, 0.15) is 45.9 Å². The third-order valence-electron chi connectivity index (χ3n) is 8.08. The van der Waals surface area contributed by atoms with Crippen LogP contribution in [0.5, 0.6) is 0 Å². The molecule has 0 saturated carbocycles. The van der Waals surface area contributed by atoms with Gasteiger partial charge in [0.15, 0.2) is 10.9 Å². The van der Waals surface area contributed by atoms with Crippen LogP contribution < -0.4 is 9.80 Å². The summed E-state index contributed by atoms with van der Waals surface area (Å²) in [5.41, 5.74) is 2.02. The van der Waals surface area contributed by atoms with Gasteiger partial charge < -0.3 is 14.9 Å². The summed E-state index contributed by atoms with van der Waals surface area (Å²) in [6.07, 6.45) is -5.10. The molecule has 0 radical (unpaired) electrons. The number of carbonyl (C=O) groups excluding carboxylic acids is 1. The molecule has 2 fully saturated rings. The standard InChI is InChI=1S/C30H31F4N9O2S/c1-3-43-28(42(17-30(32,33)34)29-37-26(22(13-35)46-29)19-4-6-20(31)7-5-19)27-25(38-43)18(2)12-23(36-27)40-10-8-39(9-11-40)16-24(45)41-14-21(44)15-41/h4-7,12,21,44H,3,8-11,14-17H2,1-2H3. The predicted molar refractivity (Wildman–Crippen MR) is 164 cm³/mol. The van der Waals surface area contributed by atoms with E-state index in [9.17, 15) is 32.7 Å². The van der Waals surface area contributed by atoms with Crippen LogP contribution in [0.3, 0.4) is 0 Å². The Balaban J connectivity index is 1.35. The molecule has 0 unspecified atom stereocenters. The number of nitriles is 1. The van der Waals surface area contributed by atoms with E-state index in [1.807, 2.05) is 28.9 Å². The minimum Gasteiger partial charge on any atom is -0.389 e. The highest BCUT2D eigenvalue weighted by molar-refractivity contribution is 7.16. The number of hydrogen-bond donors (Lipinski definition) is 1. The van der Waals surface area contributed by atoms with E-state index in [4.69, 9.17) is 4.98 Å². The number of aliphatic hydroxyl groups excluding tert-OH is 1. The van der Waals surface area contributed by atoms with Gasteiger partial charge in [0.25, 0.3) is 0 Å². The number of hydrogen-bond acceptors (Lipinski definition) is 10. The first-order chi connectivity index (χ1) is 21.9. The highest BCUT2D eigenvalue weighted by Crippen LogP contribution is 2.41. The van der Waals surface area contributed by atoms with E-state index in [2.05, 4.69) is 10.1 Å². The van der Waals surface area contributed by atoms with Gasteiger partial charge in [-0.15, -0.1) is 0 Å². The second-order valence-electron chi connectivity index (χ2n) is 11.3. The number of carbonyl (C=O) groups is 1. The number of aliphatic hydroxyl groups is 1. The zero-order valence-corrected chi connectivity index (χ0v) is 25.9. The van der Waals surface area contributed by atoms with Crippen LogP contribution in [-0.2, 0) is 11.3 Å². The number of halogens is 4. The third-order valence-corrected chi connectivity index (χ3v) is 9.06. The average molecular weight is 658 g/mol. The normalized spacial score (nSPS) is 16.1. The maximum absolute atomic E-state index is 14.2. The molecule has 242 valence electrons. The number of piperazine rings is 1. The maximum Gasteiger partial charge on any atom is 0.406 e. The largest absolute Gasteiger partial charge is 0.406 e. The third kappa shape index (κ3) is 6.35. The van der Waals surface area contributed by atoms with E-state index in [1.165, 1.54) is 28.9 Å². The molecule has 0 atom stereocenters. The summed E-state index contributed by atoms with van der Waals surface area (Å²) in [4.78, 5) is 28.6. The van der Waals surface area contributed by atoms with E-state index < -0.39 is 24.6 Å². The van der Waals surface area contributed by atoms with Gasteiger partial charge >= 0.3 is 6.18 Å². The fraction of sp³-hybridized carbons (Fsp3) is 0.433. The highest BCUT2D eigenvalue weighted by Gasteiger charge is 2.37. The number of aromatic nitrogens is 4. The Morgan fingerprint density at radius 3 is 2.43 bits per heavy atom. The summed E-state index contributed by atoms with van der Waals surface area (Å²) in [6.45, 7) is 5.69. The molecule has 1 amide bonds. The fourth-order valence-corrected chi connectivity index (χ4v) is 6.56. The molecule has 6 rings (SSSR count). The van der Waals surface area contributed by atoms with Crippen LogP contribution in [-0.4, -0.2) is 105 Å². The van der Waals surface area contributed by atoms with Crippen molar-refractivity contribution in [2.45, 2.75) is 32.7 Å². The summed E-state index contributed by atoms with van der Waals surface area (Å²) in [5.74, 6) is 0.160. The van der Waals surface area contributed by atoms with E-state index in [0.717, 1.165) is 21.8 Å². The molecule has 5 heterocycles. The van der Waals surface area contributed by atoms with Crippen molar-refractivity contribution in [3.05, 3.63) is 46.6 Å². The lowest BCUT2D eigenvalue weighted by Crippen LogP contribution is -2.57. The van der Waals surface area contributed by atoms with Gasteiger partial charge in [0.2, 0.25) is 5.91 Å². The van der Waals surface area contributed by atoms with Gasteiger partial charge in [0, 0.05) is 51.4 Å². The SMILES string of the molecule is CCn1nc2c(C)cc(N3CCN(CC(=O)N4CC(O)C4)CC3)nc2c1N(CC(F)(F)F)c1nc(-c2ccc(F)cc2)c(C#N)s1. The average Bonchev–Trinajstić information content (AvgIpc) is 3.61. The zero-order valence-electron chi connectivity index (χ0n) is 25.1. The number of amides is 1. The Morgan fingerprint density at radius 2 is 1.83 bits per heavy atom. The van der Waals surface area contributed by atoms with Gasteiger partial charge in [-0.25, -0.2) is 19.0 Å². The van der Waals surface area contributed by atoms with E-state index in [-0.39, 0.29) is 46.0 Å². The lowest BCUT2D eigenvalue weighted by Gasteiger charge is -2.39. The van der Waals surface area contributed by atoms with Crippen molar-refractivity contribution >= 4 is 45.0 Å². The zero-order chi connectivity index (χ0) is 32.7. The van der Waals surface area contributed by atoms with E-state index in [0.29, 0.717) is 56.2 Å². The predicted octanol–water partition coefficient (Wildman–Crippen LogP) is 3.92. The van der Waals surface area contributed by atoms with E-state index in [1.54, 1.807) is 11.8 Å². The monoisotopic (exact) mass is 657 g/mol. The van der Waals surface area contributed by atoms with Gasteiger partial charge in [-0.1, -0.05) is 11.3 Å². The molecule has 0 bridgehead atoms. The van der Waals surface area contributed by atoms with Crippen molar-refractivity contribution in [3.63, 3.8) is 0 Å². The molecule has 2 saturated heterocycles. The van der Waals surface area contributed by atoms with Crippen LogP contribution in [0.15, 0.2) is 30.3 Å². The number of thiazole rings is 1. The topological polar surface area (TPSA) is 118 Å². The molecule has 0 aliphatic carbocycles. The molecule has 3 aromatic heterocycles. The highest BCUT2D eigenvalue weighted by atomic mass is 32.1. The Labute approximate surface area is 265 Å². The number of benzene rings is 1. The molecule has 0 spiro atoms. The summed E-state index contributed by atoms with van der Waals surface area (Å²) >= 11 is 0.813. The Bertz CT molecular complexity index is 1790. The second-order valence-corrected chi connectivity index (χ2v) is 12.3. The van der Waals surface area contributed by atoms with Crippen LogP contribution in [0.1, 0.15) is 17.4 Å².